The van der Waals surface area contributed by atoms with E-state index in [-0.39, 0.29) is 29.0 Å². The van der Waals surface area contributed by atoms with Crippen molar-refractivity contribution >= 4 is 5.91 Å². The first-order chi connectivity index (χ1) is 17.7. The number of aromatic nitrogens is 6. The number of carbonyl (C=O) groups is 1. The summed E-state index contributed by atoms with van der Waals surface area (Å²) >= 11 is 0. The highest BCUT2D eigenvalue weighted by atomic mass is 19.1. The van der Waals surface area contributed by atoms with E-state index in [4.69, 9.17) is 10.7 Å². The van der Waals surface area contributed by atoms with E-state index in [2.05, 4.69) is 39.0 Å². The Kier molecular flexibility index (Phi) is 5.11. The minimum Gasteiger partial charge on any atom is -0.369 e. The first-order valence-electron chi connectivity index (χ1n) is 12.0. The van der Waals surface area contributed by atoms with E-state index in [1.54, 1.807) is 24.7 Å². The third-order valence-corrected chi connectivity index (χ3v) is 7.99. The van der Waals surface area contributed by atoms with Crippen molar-refractivity contribution in [3.05, 3.63) is 83.3 Å². The average molecular weight is 500 g/mol. The van der Waals surface area contributed by atoms with Crippen LogP contribution in [0.25, 0.3) is 22.6 Å². The van der Waals surface area contributed by atoms with Gasteiger partial charge in [0.05, 0.1) is 40.0 Å². The fraction of sp³-hybridized carbons (Fsp3) is 0.296. The summed E-state index contributed by atoms with van der Waals surface area (Å²) in [6, 6.07) is 7.44. The van der Waals surface area contributed by atoms with Gasteiger partial charge in [0.25, 0.3) is 0 Å². The minimum absolute atomic E-state index is 0.0475. The molecule has 0 spiro atoms. The zero-order chi connectivity index (χ0) is 25.9. The predicted octanol–water partition coefficient (Wildman–Crippen LogP) is 3.90. The number of nitrogens with zero attached hydrogens (tertiary/aromatic N) is 6. The summed E-state index contributed by atoms with van der Waals surface area (Å²) in [7, 11) is 0. The molecule has 37 heavy (non-hydrogen) atoms. The molecule has 3 aromatic heterocycles. The summed E-state index contributed by atoms with van der Waals surface area (Å²) in [4.78, 5) is 28.9. The number of hydrogen-bond donors (Lipinski definition) is 1. The highest BCUT2D eigenvalue weighted by Gasteiger charge is 2.65. The van der Waals surface area contributed by atoms with Gasteiger partial charge in [0.15, 0.2) is 5.82 Å². The number of fused-ring (bicyclic) bond motifs is 5. The van der Waals surface area contributed by atoms with Gasteiger partial charge < -0.3 is 5.73 Å². The third kappa shape index (κ3) is 3.35. The first-order valence-corrected chi connectivity index (χ1v) is 12.0. The van der Waals surface area contributed by atoms with E-state index in [0.717, 1.165) is 29.8 Å². The van der Waals surface area contributed by atoms with Gasteiger partial charge >= 0.3 is 0 Å². The summed E-state index contributed by atoms with van der Waals surface area (Å²) < 4.78 is 29.0. The van der Waals surface area contributed by atoms with Crippen LogP contribution in [0.3, 0.4) is 0 Å². The van der Waals surface area contributed by atoms with E-state index < -0.39 is 23.0 Å². The van der Waals surface area contributed by atoms with Gasteiger partial charge in [0.2, 0.25) is 5.91 Å². The molecule has 0 radical (unpaired) electrons. The molecule has 8 nitrogen and oxygen atoms in total. The molecule has 2 bridgehead atoms. The molecule has 6 rings (SSSR count). The fourth-order valence-corrected chi connectivity index (χ4v) is 6.21. The summed E-state index contributed by atoms with van der Waals surface area (Å²) in [6.07, 6.45) is 6.49. The zero-order valence-electron chi connectivity index (χ0n) is 20.2. The Balaban J connectivity index is 1.45. The molecule has 3 heterocycles. The van der Waals surface area contributed by atoms with E-state index >= 15 is 0 Å². The Morgan fingerprint density at radius 1 is 1.08 bits per heavy atom. The topological polar surface area (TPSA) is 120 Å². The van der Waals surface area contributed by atoms with Gasteiger partial charge in [0.1, 0.15) is 17.5 Å². The highest BCUT2D eigenvalue weighted by molar-refractivity contribution is 5.75. The van der Waals surface area contributed by atoms with Crippen LogP contribution in [0.5, 0.6) is 0 Å². The maximum absolute atomic E-state index is 14.5. The van der Waals surface area contributed by atoms with E-state index in [9.17, 15) is 13.6 Å². The second kappa shape index (κ2) is 8.16. The average Bonchev–Trinajstić information content (AvgIpc) is 3.25. The smallest absolute Gasteiger partial charge is 0.225 e. The highest BCUT2D eigenvalue weighted by Crippen LogP contribution is 2.69. The molecule has 0 unspecified atom stereocenters. The van der Waals surface area contributed by atoms with Crippen molar-refractivity contribution in [1.29, 1.82) is 0 Å². The molecule has 2 atom stereocenters. The molecule has 0 saturated heterocycles. The van der Waals surface area contributed by atoms with Crippen LogP contribution < -0.4 is 5.73 Å². The SMILES string of the molecule is CC1(C)[C@H]2CC[C@]1(c1ccnc(-c3cnc(CC(N)=O)nc3)n1)c1nnc(-c3c(F)cccc3F)cc12. The summed E-state index contributed by atoms with van der Waals surface area (Å²) in [5.74, 6) is -0.950. The molecule has 2 aliphatic rings. The Morgan fingerprint density at radius 2 is 1.81 bits per heavy atom. The quantitative estimate of drug-likeness (QED) is 0.442. The van der Waals surface area contributed by atoms with Gasteiger partial charge in [-0.15, -0.1) is 5.10 Å². The van der Waals surface area contributed by atoms with Crippen molar-refractivity contribution in [2.75, 3.05) is 0 Å². The number of amides is 1. The maximum Gasteiger partial charge on any atom is 0.225 e. The second-order valence-electron chi connectivity index (χ2n) is 10.1. The van der Waals surface area contributed by atoms with E-state index in [0.29, 0.717) is 17.2 Å². The molecule has 1 saturated carbocycles. The lowest BCUT2D eigenvalue weighted by atomic mass is 9.66. The standard InChI is InChI=1S/C27H23F2N7O/c1-26(2)16-6-8-27(26,24-15(16)10-19(35-36-24)23-17(28)4-3-5-18(23)29)20-7-9-31-25(34-20)14-12-32-22(33-13-14)11-21(30)37/h3-5,7,9-10,12-13,16H,6,8,11H2,1-2H3,(H2,30,37)/t16-,27-/m0/s1. The number of primary amides is 1. The molecule has 186 valence electrons. The first kappa shape index (κ1) is 23.2. The van der Waals surface area contributed by atoms with Gasteiger partial charge in [-0.2, -0.15) is 5.10 Å². The molecule has 0 aliphatic heterocycles. The van der Waals surface area contributed by atoms with Crippen LogP contribution in [0.2, 0.25) is 0 Å². The van der Waals surface area contributed by atoms with E-state index in [1.165, 1.54) is 18.2 Å². The van der Waals surface area contributed by atoms with Crippen LogP contribution in [-0.2, 0) is 16.6 Å². The maximum atomic E-state index is 14.5. The van der Waals surface area contributed by atoms with Gasteiger partial charge in [-0.3, -0.25) is 4.79 Å². The molecule has 1 fully saturated rings. The Morgan fingerprint density at radius 3 is 2.51 bits per heavy atom. The molecule has 1 amide bonds. The summed E-state index contributed by atoms with van der Waals surface area (Å²) in [5.41, 5.74) is 7.55. The molecule has 4 aromatic rings. The van der Waals surface area contributed by atoms with Gasteiger partial charge in [-0.1, -0.05) is 19.9 Å². The lowest BCUT2D eigenvalue weighted by Gasteiger charge is -2.37. The zero-order valence-corrected chi connectivity index (χ0v) is 20.2. The molecule has 2 aliphatic carbocycles. The molecule has 10 heteroatoms. The van der Waals surface area contributed by atoms with E-state index in [1.807, 2.05) is 6.07 Å². The molecular weight excluding hydrogens is 476 g/mol. The summed E-state index contributed by atoms with van der Waals surface area (Å²) in [5, 5.41) is 8.85. The van der Waals surface area contributed by atoms with Gasteiger partial charge in [-0.25, -0.2) is 28.7 Å². The number of halogens is 2. The number of benzene rings is 1. The molecule has 1 aromatic carbocycles. The van der Waals surface area contributed by atoms with Crippen LogP contribution in [0.4, 0.5) is 8.78 Å². The van der Waals surface area contributed by atoms with Gasteiger partial charge in [-0.05, 0) is 54.0 Å². The van der Waals surface area contributed by atoms with Crippen molar-refractivity contribution in [2.45, 2.75) is 44.4 Å². The van der Waals surface area contributed by atoms with Gasteiger partial charge in [0, 0.05) is 18.6 Å². The largest absolute Gasteiger partial charge is 0.369 e. The van der Waals surface area contributed by atoms with Crippen LogP contribution in [-0.4, -0.2) is 36.0 Å². The lowest BCUT2D eigenvalue weighted by molar-refractivity contribution is -0.117. The van der Waals surface area contributed by atoms with Crippen molar-refractivity contribution < 1.29 is 13.6 Å². The number of carbonyl (C=O) groups excluding carboxylic acids is 1. The van der Waals surface area contributed by atoms with Crippen molar-refractivity contribution in [3.63, 3.8) is 0 Å². The second-order valence-corrected chi connectivity index (χ2v) is 10.1. The van der Waals surface area contributed by atoms with Crippen LogP contribution in [0.1, 0.15) is 55.4 Å². The lowest BCUT2D eigenvalue weighted by Crippen LogP contribution is -2.38. The van der Waals surface area contributed by atoms with Crippen molar-refractivity contribution in [1.82, 2.24) is 30.1 Å². The normalized spacial score (nSPS) is 21.1. The number of rotatable bonds is 5. The summed E-state index contributed by atoms with van der Waals surface area (Å²) in [6.45, 7) is 4.36. The van der Waals surface area contributed by atoms with Crippen molar-refractivity contribution in [3.8, 4) is 22.6 Å². The third-order valence-electron chi connectivity index (χ3n) is 7.99. The Bertz CT molecular complexity index is 1540. The predicted molar refractivity (Wildman–Crippen MR) is 130 cm³/mol. The number of hydrogen-bond acceptors (Lipinski definition) is 7. The van der Waals surface area contributed by atoms with Crippen LogP contribution >= 0.6 is 0 Å². The Labute approximate surface area is 211 Å². The van der Waals surface area contributed by atoms with Crippen molar-refractivity contribution in [2.24, 2.45) is 11.1 Å². The monoisotopic (exact) mass is 499 g/mol. The minimum atomic E-state index is -0.670. The number of nitrogens with two attached hydrogens (primary N) is 1. The fourth-order valence-electron chi connectivity index (χ4n) is 6.21. The molecular formula is C27H23F2N7O. The van der Waals surface area contributed by atoms with Crippen LogP contribution in [0, 0.1) is 17.0 Å². The van der Waals surface area contributed by atoms with Crippen LogP contribution in [0.15, 0.2) is 48.9 Å². The Hall–Kier alpha value is -4.21. The molecule has 2 N–H and O–H groups in total.